The van der Waals surface area contributed by atoms with Gasteiger partial charge in [-0.15, -0.1) is 0 Å². The summed E-state index contributed by atoms with van der Waals surface area (Å²) in [5.41, 5.74) is 1.02. The van der Waals surface area contributed by atoms with Crippen LogP contribution in [0.3, 0.4) is 0 Å². The third-order valence-corrected chi connectivity index (χ3v) is 3.34. The Kier molecular flexibility index (Phi) is 4.25. The highest BCUT2D eigenvalue weighted by atomic mass is 35.5. The van der Waals surface area contributed by atoms with Crippen molar-refractivity contribution in [1.82, 2.24) is 0 Å². The summed E-state index contributed by atoms with van der Waals surface area (Å²) in [7, 11) is 0. The molecule has 0 saturated carbocycles. The van der Waals surface area contributed by atoms with Gasteiger partial charge in [0.15, 0.2) is 6.10 Å². The molecule has 2 unspecified atom stereocenters. The van der Waals surface area contributed by atoms with Gasteiger partial charge in [-0.3, -0.25) is 0 Å². The molecule has 0 amide bonds. The predicted octanol–water partition coefficient (Wildman–Crippen LogP) is 2.26. The molecule has 2 N–H and O–H groups in total. The first-order chi connectivity index (χ1) is 9.11. The number of carboxylic acids is 1. The zero-order chi connectivity index (χ0) is 13.8. The van der Waals surface area contributed by atoms with Gasteiger partial charge >= 0.3 is 5.97 Å². The number of carbonyl (C=O) groups is 1. The van der Waals surface area contributed by atoms with Crippen LogP contribution in [0.4, 0.5) is 5.69 Å². The topological polar surface area (TPSA) is 82.4 Å². The molecule has 1 aromatic carbocycles. The SMILES string of the molecule is N#Cc1c(Cl)cccc1NCC1CCC(C(=O)O)O1. The van der Waals surface area contributed by atoms with Crippen molar-refractivity contribution >= 4 is 23.3 Å². The smallest absolute Gasteiger partial charge is 0.332 e. The second kappa shape index (κ2) is 5.91. The molecule has 1 saturated heterocycles. The fourth-order valence-electron chi connectivity index (χ4n) is 2.05. The van der Waals surface area contributed by atoms with E-state index in [2.05, 4.69) is 5.32 Å². The molecule has 0 aromatic heterocycles. The largest absolute Gasteiger partial charge is 0.479 e. The molecule has 0 aliphatic carbocycles. The summed E-state index contributed by atoms with van der Waals surface area (Å²) in [6.07, 6.45) is 0.322. The third kappa shape index (κ3) is 3.16. The number of nitriles is 1. The number of nitrogens with one attached hydrogen (secondary N) is 1. The molecule has 2 rings (SSSR count). The molecule has 0 bridgehead atoms. The van der Waals surface area contributed by atoms with Gasteiger partial charge in [0.25, 0.3) is 0 Å². The van der Waals surface area contributed by atoms with Crippen molar-refractivity contribution in [2.24, 2.45) is 0 Å². The molecular formula is C13H13ClN2O3. The van der Waals surface area contributed by atoms with Crippen LogP contribution in [0.25, 0.3) is 0 Å². The Morgan fingerprint density at radius 3 is 3.00 bits per heavy atom. The van der Waals surface area contributed by atoms with E-state index in [-0.39, 0.29) is 6.10 Å². The van der Waals surface area contributed by atoms with Crippen LogP contribution in [-0.4, -0.2) is 29.8 Å². The molecular weight excluding hydrogens is 268 g/mol. The number of ether oxygens (including phenoxy) is 1. The number of anilines is 1. The lowest BCUT2D eigenvalue weighted by Crippen LogP contribution is -2.24. The number of nitrogens with zero attached hydrogens (tertiary/aromatic N) is 1. The first kappa shape index (κ1) is 13.7. The van der Waals surface area contributed by atoms with Crippen LogP contribution in [0.15, 0.2) is 18.2 Å². The summed E-state index contributed by atoms with van der Waals surface area (Å²) < 4.78 is 5.37. The third-order valence-electron chi connectivity index (χ3n) is 3.03. The molecule has 1 heterocycles. The molecule has 1 aromatic rings. The maximum absolute atomic E-state index is 10.8. The zero-order valence-electron chi connectivity index (χ0n) is 10.1. The van der Waals surface area contributed by atoms with Crippen molar-refractivity contribution in [3.63, 3.8) is 0 Å². The molecule has 6 heteroatoms. The van der Waals surface area contributed by atoms with Crippen LogP contribution in [-0.2, 0) is 9.53 Å². The van der Waals surface area contributed by atoms with Gasteiger partial charge in [0.2, 0.25) is 0 Å². The monoisotopic (exact) mass is 280 g/mol. The second-order valence-electron chi connectivity index (χ2n) is 4.32. The van der Waals surface area contributed by atoms with Crippen LogP contribution < -0.4 is 5.32 Å². The highest BCUT2D eigenvalue weighted by Crippen LogP contribution is 2.25. The zero-order valence-corrected chi connectivity index (χ0v) is 10.9. The van der Waals surface area contributed by atoms with Crippen molar-refractivity contribution in [2.75, 3.05) is 11.9 Å². The Labute approximate surface area is 115 Å². The molecule has 1 aliphatic heterocycles. The number of rotatable bonds is 4. The number of benzene rings is 1. The van der Waals surface area contributed by atoms with Gasteiger partial charge < -0.3 is 15.2 Å². The highest BCUT2D eigenvalue weighted by molar-refractivity contribution is 6.32. The van der Waals surface area contributed by atoms with E-state index in [0.29, 0.717) is 35.7 Å². The second-order valence-corrected chi connectivity index (χ2v) is 4.72. The minimum atomic E-state index is -0.928. The van der Waals surface area contributed by atoms with Crippen LogP contribution >= 0.6 is 11.6 Å². The van der Waals surface area contributed by atoms with E-state index in [9.17, 15) is 4.79 Å². The number of hydrogen-bond acceptors (Lipinski definition) is 4. The summed E-state index contributed by atoms with van der Waals surface area (Å²) >= 11 is 5.92. The van der Waals surface area contributed by atoms with Gasteiger partial charge in [-0.05, 0) is 25.0 Å². The molecule has 2 atom stereocenters. The summed E-state index contributed by atoms with van der Waals surface area (Å²) in [4.78, 5) is 10.8. The van der Waals surface area contributed by atoms with Crippen molar-refractivity contribution in [3.05, 3.63) is 28.8 Å². The van der Waals surface area contributed by atoms with Gasteiger partial charge in [0.1, 0.15) is 6.07 Å². The van der Waals surface area contributed by atoms with Gasteiger partial charge in [0, 0.05) is 6.54 Å². The van der Waals surface area contributed by atoms with Gasteiger partial charge in [-0.1, -0.05) is 17.7 Å². The minimum absolute atomic E-state index is 0.161. The van der Waals surface area contributed by atoms with E-state index >= 15 is 0 Å². The summed E-state index contributed by atoms with van der Waals surface area (Å²) in [6, 6.07) is 7.20. The van der Waals surface area contributed by atoms with Crippen molar-refractivity contribution in [2.45, 2.75) is 25.0 Å². The first-order valence-electron chi connectivity index (χ1n) is 5.92. The Hall–Kier alpha value is -1.77. The molecule has 1 aliphatic rings. The normalized spacial score (nSPS) is 21.9. The van der Waals surface area contributed by atoms with E-state index in [1.54, 1.807) is 18.2 Å². The summed E-state index contributed by atoms with van der Waals surface area (Å²) in [5, 5.41) is 21.3. The summed E-state index contributed by atoms with van der Waals surface area (Å²) in [5.74, 6) is -0.928. The van der Waals surface area contributed by atoms with Crippen LogP contribution in [0.2, 0.25) is 5.02 Å². The number of halogens is 1. The van der Waals surface area contributed by atoms with Crippen LogP contribution in [0, 0.1) is 11.3 Å². The van der Waals surface area contributed by atoms with Crippen LogP contribution in [0.1, 0.15) is 18.4 Å². The number of carboxylic acid groups (broad SMARTS) is 1. The maximum atomic E-state index is 10.8. The first-order valence-corrected chi connectivity index (χ1v) is 6.30. The molecule has 5 nitrogen and oxygen atoms in total. The summed E-state index contributed by atoms with van der Waals surface area (Å²) in [6.45, 7) is 0.457. The van der Waals surface area contributed by atoms with E-state index in [1.165, 1.54) is 0 Å². The lowest BCUT2D eigenvalue weighted by atomic mass is 10.1. The van der Waals surface area contributed by atoms with Crippen molar-refractivity contribution in [1.29, 1.82) is 5.26 Å². The number of aliphatic carboxylic acids is 1. The predicted molar refractivity (Wildman–Crippen MR) is 70.2 cm³/mol. The Balaban J connectivity index is 1.96. The van der Waals surface area contributed by atoms with E-state index < -0.39 is 12.1 Å². The standard InChI is InChI=1S/C13H13ClN2O3/c14-10-2-1-3-11(9(10)6-15)16-7-8-4-5-12(19-8)13(17)18/h1-3,8,12,16H,4-5,7H2,(H,17,18). The molecule has 19 heavy (non-hydrogen) atoms. The van der Waals surface area contributed by atoms with Crippen LogP contribution in [0.5, 0.6) is 0 Å². The maximum Gasteiger partial charge on any atom is 0.332 e. The fraction of sp³-hybridized carbons (Fsp3) is 0.385. The lowest BCUT2D eigenvalue weighted by molar-refractivity contribution is -0.149. The quantitative estimate of drug-likeness (QED) is 0.884. The molecule has 100 valence electrons. The molecule has 0 radical (unpaired) electrons. The lowest BCUT2D eigenvalue weighted by Gasteiger charge is -2.14. The van der Waals surface area contributed by atoms with Gasteiger partial charge in [-0.2, -0.15) is 5.26 Å². The van der Waals surface area contributed by atoms with E-state index in [4.69, 9.17) is 26.7 Å². The number of hydrogen-bond donors (Lipinski definition) is 2. The Morgan fingerprint density at radius 1 is 1.58 bits per heavy atom. The van der Waals surface area contributed by atoms with Gasteiger partial charge in [-0.25, -0.2) is 4.79 Å². The fourth-order valence-corrected chi connectivity index (χ4v) is 2.26. The Bertz CT molecular complexity index is 527. The van der Waals surface area contributed by atoms with E-state index in [1.807, 2.05) is 6.07 Å². The average Bonchev–Trinajstić information content (AvgIpc) is 2.85. The molecule has 0 spiro atoms. The highest BCUT2D eigenvalue weighted by Gasteiger charge is 2.30. The van der Waals surface area contributed by atoms with Crippen molar-refractivity contribution in [3.8, 4) is 6.07 Å². The average molecular weight is 281 g/mol. The van der Waals surface area contributed by atoms with Gasteiger partial charge in [0.05, 0.1) is 22.4 Å². The van der Waals surface area contributed by atoms with Crippen molar-refractivity contribution < 1.29 is 14.6 Å². The minimum Gasteiger partial charge on any atom is -0.479 e. The van der Waals surface area contributed by atoms with E-state index in [0.717, 1.165) is 0 Å². The molecule has 1 fully saturated rings. The Morgan fingerprint density at radius 2 is 2.37 bits per heavy atom.